The van der Waals surface area contributed by atoms with Gasteiger partial charge >= 0.3 is 0 Å². The van der Waals surface area contributed by atoms with Crippen LogP contribution in [0.25, 0.3) is 0 Å². The average molecular weight is 307 g/mol. The fourth-order valence-electron chi connectivity index (χ4n) is 2.62. The molecule has 2 aromatic carbocycles. The number of benzene rings is 2. The molecule has 23 heavy (non-hydrogen) atoms. The molecule has 0 aliphatic carbocycles. The zero-order valence-electron chi connectivity index (χ0n) is 13.3. The normalized spacial score (nSPS) is 10.7. The van der Waals surface area contributed by atoms with Crippen LogP contribution in [0.1, 0.15) is 17.0 Å². The number of hydrogen-bond acceptors (Lipinski definition) is 3. The molecule has 0 atom stereocenters. The number of imidazole rings is 1. The third kappa shape index (κ3) is 3.72. The van der Waals surface area contributed by atoms with Crippen molar-refractivity contribution in [3.63, 3.8) is 0 Å². The van der Waals surface area contributed by atoms with Crippen molar-refractivity contribution in [2.75, 3.05) is 12.8 Å². The molecular weight excluding hydrogens is 286 g/mol. The fourth-order valence-corrected chi connectivity index (χ4v) is 2.62. The number of ether oxygens (including phenoxy) is 1. The van der Waals surface area contributed by atoms with E-state index in [0.29, 0.717) is 0 Å². The smallest absolute Gasteiger partial charge is 0.118 e. The molecule has 0 aliphatic rings. The first-order valence-electron chi connectivity index (χ1n) is 7.72. The van der Waals surface area contributed by atoms with Crippen molar-refractivity contribution >= 4 is 5.69 Å². The van der Waals surface area contributed by atoms with Crippen LogP contribution in [0.4, 0.5) is 5.69 Å². The van der Waals surface area contributed by atoms with Gasteiger partial charge in [-0.1, -0.05) is 30.3 Å². The van der Waals surface area contributed by atoms with E-state index in [9.17, 15) is 0 Å². The number of methoxy groups -OCH3 is 1. The minimum atomic E-state index is 0.755. The summed E-state index contributed by atoms with van der Waals surface area (Å²) in [5, 5.41) is 0. The molecule has 1 heterocycles. The lowest BCUT2D eigenvalue weighted by Crippen LogP contribution is -2.07. The Morgan fingerprint density at radius 2 is 1.83 bits per heavy atom. The number of anilines is 1. The first-order valence-corrected chi connectivity index (χ1v) is 7.72. The summed E-state index contributed by atoms with van der Waals surface area (Å²) in [6.07, 6.45) is 5.70. The lowest BCUT2D eigenvalue weighted by molar-refractivity contribution is 0.414. The van der Waals surface area contributed by atoms with E-state index in [-0.39, 0.29) is 0 Å². The molecule has 0 aliphatic heterocycles. The predicted octanol–water partition coefficient (Wildman–Crippen LogP) is 3.31. The van der Waals surface area contributed by atoms with Gasteiger partial charge in [-0.3, -0.25) is 0 Å². The maximum absolute atomic E-state index is 6.03. The summed E-state index contributed by atoms with van der Waals surface area (Å²) < 4.78 is 7.35. The highest BCUT2D eigenvalue weighted by Crippen LogP contribution is 2.16. The Morgan fingerprint density at radius 1 is 1.04 bits per heavy atom. The molecule has 3 rings (SSSR count). The second-order valence-corrected chi connectivity index (χ2v) is 5.52. The summed E-state index contributed by atoms with van der Waals surface area (Å²) in [6.45, 7) is 0.755. The van der Waals surface area contributed by atoms with E-state index in [2.05, 4.69) is 27.8 Å². The molecule has 0 saturated heterocycles. The van der Waals surface area contributed by atoms with Crippen molar-refractivity contribution in [3.05, 3.63) is 77.9 Å². The van der Waals surface area contributed by atoms with Crippen molar-refractivity contribution in [3.8, 4) is 5.75 Å². The molecule has 2 N–H and O–H groups in total. The molecule has 0 unspecified atom stereocenters. The number of rotatable bonds is 6. The summed E-state index contributed by atoms with van der Waals surface area (Å²) in [6, 6.07) is 16.1. The van der Waals surface area contributed by atoms with Crippen LogP contribution in [0.5, 0.6) is 5.75 Å². The van der Waals surface area contributed by atoms with Gasteiger partial charge in [-0.25, -0.2) is 4.98 Å². The molecule has 0 fully saturated rings. The monoisotopic (exact) mass is 307 g/mol. The third-order valence-electron chi connectivity index (χ3n) is 3.99. The van der Waals surface area contributed by atoms with E-state index >= 15 is 0 Å². The van der Waals surface area contributed by atoms with Crippen LogP contribution in [-0.2, 0) is 19.4 Å². The van der Waals surface area contributed by atoms with Gasteiger partial charge in [0, 0.05) is 24.5 Å². The molecule has 118 valence electrons. The summed E-state index contributed by atoms with van der Waals surface area (Å²) in [7, 11) is 1.68. The van der Waals surface area contributed by atoms with Crippen molar-refractivity contribution in [1.82, 2.24) is 9.55 Å². The first kappa shape index (κ1) is 15.2. The van der Waals surface area contributed by atoms with Crippen molar-refractivity contribution in [1.29, 1.82) is 0 Å². The maximum atomic E-state index is 6.03. The van der Waals surface area contributed by atoms with E-state index in [4.69, 9.17) is 10.5 Å². The Hall–Kier alpha value is -2.75. The van der Waals surface area contributed by atoms with E-state index in [1.165, 1.54) is 5.56 Å². The van der Waals surface area contributed by atoms with Gasteiger partial charge in [0.15, 0.2) is 0 Å². The maximum Gasteiger partial charge on any atom is 0.118 e. The second-order valence-electron chi connectivity index (χ2n) is 5.52. The lowest BCUT2D eigenvalue weighted by Gasteiger charge is -2.10. The van der Waals surface area contributed by atoms with E-state index < -0.39 is 0 Å². The Kier molecular flexibility index (Phi) is 4.62. The third-order valence-corrected chi connectivity index (χ3v) is 3.99. The molecule has 3 aromatic rings. The Morgan fingerprint density at radius 3 is 2.57 bits per heavy atom. The number of nitrogen functional groups attached to an aromatic ring is 1. The minimum Gasteiger partial charge on any atom is -0.497 e. The molecule has 0 bridgehead atoms. The zero-order valence-corrected chi connectivity index (χ0v) is 13.3. The van der Waals surface area contributed by atoms with Gasteiger partial charge in [0.25, 0.3) is 0 Å². The largest absolute Gasteiger partial charge is 0.497 e. The second kappa shape index (κ2) is 7.01. The van der Waals surface area contributed by atoms with Crippen molar-refractivity contribution < 1.29 is 4.74 Å². The molecule has 0 amide bonds. The first-order chi connectivity index (χ1) is 11.3. The van der Waals surface area contributed by atoms with Crippen LogP contribution in [0.2, 0.25) is 0 Å². The highest BCUT2D eigenvalue weighted by molar-refractivity contribution is 5.46. The Balaban J connectivity index is 1.67. The van der Waals surface area contributed by atoms with Crippen LogP contribution < -0.4 is 10.5 Å². The van der Waals surface area contributed by atoms with Crippen LogP contribution >= 0.6 is 0 Å². The van der Waals surface area contributed by atoms with E-state index in [0.717, 1.165) is 42.2 Å². The van der Waals surface area contributed by atoms with Crippen LogP contribution in [-0.4, -0.2) is 16.7 Å². The predicted molar refractivity (Wildman–Crippen MR) is 92.6 cm³/mol. The molecule has 1 aromatic heterocycles. The van der Waals surface area contributed by atoms with E-state index in [1.54, 1.807) is 7.11 Å². The number of nitrogens with zero attached hydrogens (tertiary/aromatic N) is 2. The van der Waals surface area contributed by atoms with Gasteiger partial charge < -0.3 is 15.0 Å². The van der Waals surface area contributed by atoms with Gasteiger partial charge in [0.1, 0.15) is 11.6 Å². The fraction of sp³-hybridized carbons (Fsp3) is 0.211. The number of nitrogens with two attached hydrogens (primary N) is 1. The minimum absolute atomic E-state index is 0.755. The number of hydrogen-bond donors (Lipinski definition) is 1. The number of aromatic nitrogens is 2. The van der Waals surface area contributed by atoms with Crippen molar-refractivity contribution in [2.45, 2.75) is 19.4 Å². The van der Waals surface area contributed by atoms with Crippen LogP contribution in [0.15, 0.2) is 60.9 Å². The quantitative estimate of drug-likeness (QED) is 0.711. The van der Waals surface area contributed by atoms with Gasteiger partial charge in [-0.15, -0.1) is 0 Å². The summed E-state index contributed by atoms with van der Waals surface area (Å²) >= 11 is 0. The average Bonchev–Trinajstić information content (AvgIpc) is 3.03. The summed E-state index contributed by atoms with van der Waals surface area (Å²) in [4.78, 5) is 4.49. The molecular formula is C19H21N3O. The van der Waals surface area contributed by atoms with Crippen LogP contribution in [0.3, 0.4) is 0 Å². The molecule has 4 nitrogen and oxygen atoms in total. The molecule has 0 saturated carbocycles. The standard InChI is InChI=1S/C19H21N3O/c1-23-17-9-6-15(7-10-17)8-11-19-21-12-13-22(19)14-16-4-2-3-5-18(16)20/h2-7,9-10,12-13H,8,11,14,20H2,1H3. The molecule has 4 heteroatoms. The summed E-state index contributed by atoms with van der Waals surface area (Å²) in [5.74, 6) is 1.96. The van der Waals surface area contributed by atoms with Crippen LogP contribution in [0, 0.1) is 0 Å². The van der Waals surface area contributed by atoms with Gasteiger partial charge in [-0.2, -0.15) is 0 Å². The molecule has 0 spiro atoms. The Labute approximate surface area is 136 Å². The van der Waals surface area contributed by atoms with E-state index in [1.807, 2.05) is 42.7 Å². The molecule has 0 radical (unpaired) electrons. The van der Waals surface area contributed by atoms with Crippen molar-refractivity contribution in [2.24, 2.45) is 0 Å². The van der Waals surface area contributed by atoms with Gasteiger partial charge in [0.2, 0.25) is 0 Å². The number of aryl methyl sites for hydroxylation is 2. The number of para-hydroxylation sites is 1. The zero-order chi connectivity index (χ0) is 16.1. The lowest BCUT2D eigenvalue weighted by atomic mass is 10.1. The highest BCUT2D eigenvalue weighted by Gasteiger charge is 2.06. The van der Waals surface area contributed by atoms with Gasteiger partial charge in [0.05, 0.1) is 13.7 Å². The summed E-state index contributed by atoms with van der Waals surface area (Å²) in [5.41, 5.74) is 9.25. The topological polar surface area (TPSA) is 53.1 Å². The SMILES string of the molecule is COc1ccc(CCc2nccn2Cc2ccccc2N)cc1. The highest BCUT2D eigenvalue weighted by atomic mass is 16.5. The Bertz CT molecular complexity index is 762. The van der Waals surface area contributed by atoms with Gasteiger partial charge in [-0.05, 0) is 35.7 Å².